The summed E-state index contributed by atoms with van der Waals surface area (Å²) in [6.45, 7) is 2.15. The number of esters is 1. The summed E-state index contributed by atoms with van der Waals surface area (Å²) in [5, 5.41) is 0.725. The largest absolute Gasteiger partial charge is 0.490 e. The molecule has 0 unspecified atom stereocenters. The molecule has 1 fully saturated rings. The minimum absolute atomic E-state index is 0.0607. The zero-order valence-electron chi connectivity index (χ0n) is 19.1. The smallest absolute Gasteiger partial charge is 0.343 e. The molecule has 37 heavy (non-hydrogen) atoms. The van der Waals surface area contributed by atoms with Crippen molar-refractivity contribution in [2.75, 3.05) is 6.61 Å². The first-order chi connectivity index (χ1) is 17.7. The Balaban J connectivity index is 1.58. The van der Waals surface area contributed by atoms with E-state index in [4.69, 9.17) is 44.3 Å². The second kappa shape index (κ2) is 11.9. The first-order valence-corrected chi connectivity index (χ1v) is 13.5. The Morgan fingerprint density at radius 2 is 1.84 bits per heavy atom. The van der Waals surface area contributed by atoms with Gasteiger partial charge in [-0.2, -0.15) is 0 Å². The van der Waals surface area contributed by atoms with Crippen LogP contribution in [0.4, 0.5) is 4.79 Å². The van der Waals surface area contributed by atoms with Gasteiger partial charge in [0.2, 0.25) is 0 Å². The van der Waals surface area contributed by atoms with Gasteiger partial charge in [-0.1, -0.05) is 46.9 Å². The Labute approximate surface area is 240 Å². The van der Waals surface area contributed by atoms with Crippen LogP contribution in [-0.2, 0) is 11.3 Å². The summed E-state index contributed by atoms with van der Waals surface area (Å²) in [6, 6.07) is 14.6. The van der Waals surface area contributed by atoms with E-state index in [0.29, 0.717) is 37.3 Å². The van der Waals surface area contributed by atoms with Gasteiger partial charge < -0.3 is 9.47 Å². The van der Waals surface area contributed by atoms with E-state index < -0.39 is 17.1 Å². The Morgan fingerprint density at radius 1 is 1.05 bits per heavy atom. The van der Waals surface area contributed by atoms with Crippen molar-refractivity contribution in [2.45, 2.75) is 13.5 Å². The molecule has 0 aliphatic carbocycles. The molecule has 2 amide bonds. The van der Waals surface area contributed by atoms with E-state index in [1.54, 1.807) is 61.5 Å². The Morgan fingerprint density at radius 3 is 2.54 bits per heavy atom. The molecule has 0 aromatic heterocycles. The molecule has 0 atom stereocenters. The number of carbonyl (C=O) groups excluding carboxylic acids is 3. The standard InChI is InChI=1S/C26H17BrCl3NO5S/c1-2-35-21-10-15(8-18(27)23(21)36-25(33)16-4-3-5-17(28)12-16)11-22-24(32)31(26(34)37-22)13-14-6-7-19(29)20(30)9-14/h3-12H,2,13H2,1H3/b22-11-. The van der Waals surface area contributed by atoms with Gasteiger partial charge in [0.1, 0.15) is 0 Å². The molecule has 3 aromatic rings. The van der Waals surface area contributed by atoms with Gasteiger partial charge in [0.25, 0.3) is 11.1 Å². The van der Waals surface area contributed by atoms with Gasteiger partial charge in [-0.05, 0) is 94.3 Å². The van der Waals surface area contributed by atoms with E-state index in [-0.39, 0.29) is 28.5 Å². The fourth-order valence-electron chi connectivity index (χ4n) is 3.41. The van der Waals surface area contributed by atoms with Crippen LogP contribution in [0.15, 0.2) is 64.0 Å². The topological polar surface area (TPSA) is 72.9 Å². The third-order valence-electron chi connectivity index (χ3n) is 5.08. The summed E-state index contributed by atoms with van der Waals surface area (Å²) in [6.07, 6.45) is 1.58. The van der Waals surface area contributed by atoms with E-state index in [1.807, 2.05) is 0 Å². The summed E-state index contributed by atoms with van der Waals surface area (Å²) in [4.78, 5) is 39.6. The van der Waals surface area contributed by atoms with Crippen LogP contribution in [0.5, 0.6) is 11.5 Å². The number of nitrogens with zero attached hydrogens (tertiary/aromatic N) is 1. The lowest BCUT2D eigenvalue weighted by Crippen LogP contribution is -2.27. The van der Waals surface area contributed by atoms with Gasteiger partial charge in [-0.15, -0.1) is 0 Å². The number of benzene rings is 3. The molecule has 1 aliphatic rings. The summed E-state index contributed by atoms with van der Waals surface area (Å²) < 4.78 is 11.7. The summed E-state index contributed by atoms with van der Waals surface area (Å²) in [5.74, 6) is -0.586. The van der Waals surface area contributed by atoms with Gasteiger partial charge in [-0.25, -0.2) is 4.79 Å². The average Bonchev–Trinajstić information content (AvgIpc) is 3.11. The van der Waals surface area contributed by atoms with Crippen molar-refractivity contribution in [1.82, 2.24) is 4.90 Å². The molecule has 1 heterocycles. The highest BCUT2D eigenvalue weighted by Gasteiger charge is 2.35. The maximum Gasteiger partial charge on any atom is 0.343 e. The molecule has 0 saturated carbocycles. The monoisotopic (exact) mass is 639 g/mol. The number of hydrogen-bond donors (Lipinski definition) is 0. The molecule has 0 N–H and O–H groups in total. The number of rotatable bonds is 7. The molecule has 4 rings (SSSR count). The molecule has 11 heteroatoms. The predicted octanol–water partition coefficient (Wildman–Crippen LogP) is 8.26. The third-order valence-corrected chi connectivity index (χ3v) is 7.55. The van der Waals surface area contributed by atoms with Crippen LogP contribution >= 0.6 is 62.5 Å². The zero-order valence-corrected chi connectivity index (χ0v) is 23.8. The normalized spacial score (nSPS) is 14.4. The van der Waals surface area contributed by atoms with E-state index in [9.17, 15) is 14.4 Å². The molecule has 0 radical (unpaired) electrons. The number of thioether (sulfide) groups is 1. The quantitative estimate of drug-likeness (QED) is 0.147. The molecule has 1 aliphatic heterocycles. The van der Waals surface area contributed by atoms with Gasteiger partial charge >= 0.3 is 5.97 Å². The summed E-state index contributed by atoms with van der Waals surface area (Å²) in [5.41, 5.74) is 1.52. The van der Waals surface area contributed by atoms with Crippen molar-refractivity contribution in [3.8, 4) is 11.5 Å². The number of amides is 2. The fraction of sp³-hybridized carbons (Fsp3) is 0.115. The van der Waals surface area contributed by atoms with Gasteiger partial charge in [0, 0.05) is 5.02 Å². The number of hydrogen-bond acceptors (Lipinski definition) is 6. The highest BCUT2D eigenvalue weighted by atomic mass is 79.9. The van der Waals surface area contributed by atoms with Crippen LogP contribution in [0, 0.1) is 0 Å². The second-order valence-corrected chi connectivity index (χ2v) is 10.8. The lowest BCUT2D eigenvalue weighted by Gasteiger charge is -2.14. The SMILES string of the molecule is CCOc1cc(/C=C2\SC(=O)N(Cc3ccc(Cl)c(Cl)c3)C2=O)cc(Br)c1OC(=O)c1cccc(Cl)c1. The highest BCUT2D eigenvalue weighted by molar-refractivity contribution is 9.10. The first-order valence-electron chi connectivity index (χ1n) is 10.8. The van der Waals surface area contributed by atoms with Crippen molar-refractivity contribution < 1.29 is 23.9 Å². The third kappa shape index (κ3) is 6.51. The number of carbonyl (C=O) groups is 3. The Hall–Kier alpha value is -2.49. The van der Waals surface area contributed by atoms with Crippen molar-refractivity contribution in [2.24, 2.45) is 0 Å². The maximum absolute atomic E-state index is 13.0. The van der Waals surface area contributed by atoms with Crippen LogP contribution < -0.4 is 9.47 Å². The maximum atomic E-state index is 13.0. The molecule has 6 nitrogen and oxygen atoms in total. The number of ether oxygens (including phenoxy) is 2. The molecule has 1 saturated heterocycles. The van der Waals surface area contributed by atoms with Crippen molar-refractivity contribution in [1.29, 1.82) is 0 Å². The van der Waals surface area contributed by atoms with Crippen molar-refractivity contribution in [3.63, 3.8) is 0 Å². The predicted molar refractivity (Wildman–Crippen MR) is 150 cm³/mol. The van der Waals surface area contributed by atoms with Crippen molar-refractivity contribution >= 4 is 85.7 Å². The minimum atomic E-state index is -0.611. The van der Waals surface area contributed by atoms with Crippen LogP contribution in [0.3, 0.4) is 0 Å². The lowest BCUT2D eigenvalue weighted by atomic mass is 10.1. The van der Waals surface area contributed by atoms with Crippen LogP contribution in [0.25, 0.3) is 6.08 Å². The Kier molecular flexibility index (Phi) is 8.87. The van der Waals surface area contributed by atoms with Crippen molar-refractivity contribution in [3.05, 3.63) is 95.7 Å². The minimum Gasteiger partial charge on any atom is -0.490 e. The average molecular weight is 642 g/mol. The van der Waals surface area contributed by atoms with E-state index in [1.165, 1.54) is 6.07 Å². The second-order valence-electron chi connectivity index (χ2n) is 7.68. The van der Waals surface area contributed by atoms with E-state index >= 15 is 0 Å². The Bertz CT molecular complexity index is 1450. The van der Waals surface area contributed by atoms with E-state index in [2.05, 4.69) is 15.9 Å². The highest BCUT2D eigenvalue weighted by Crippen LogP contribution is 2.40. The first kappa shape index (κ1) is 27.5. The van der Waals surface area contributed by atoms with Crippen LogP contribution in [-0.4, -0.2) is 28.6 Å². The molecular formula is C26H17BrCl3NO5S. The number of halogens is 4. The molecule has 190 valence electrons. The lowest BCUT2D eigenvalue weighted by molar-refractivity contribution is -0.123. The number of imide groups is 1. The van der Waals surface area contributed by atoms with Gasteiger partial charge in [-0.3, -0.25) is 14.5 Å². The zero-order chi connectivity index (χ0) is 26.7. The molecule has 3 aromatic carbocycles. The molecule has 0 bridgehead atoms. The van der Waals surface area contributed by atoms with Gasteiger partial charge in [0.15, 0.2) is 11.5 Å². The fourth-order valence-corrected chi connectivity index (χ4v) is 5.30. The van der Waals surface area contributed by atoms with Crippen LogP contribution in [0.2, 0.25) is 15.1 Å². The molecular weight excluding hydrogens is 625 g/mol. The molecule has 0 spiro atoms. The summed E-state index contributed by atoms with van der Waals surface area (Å²) in [7, 11) is 0. The van der Waals surface area contributed by atoms with Crippen LogP contribution in [0.1, 0.15) is 28.4 Å². The summed E-state index contributed by atoms with van der Waals surface area (Å²) >= 11 is 22.2. The van der Waals surface area contributed by atoms with Gasteiger partial charge in [0.05, 0.1) is 38.1 Å². The van der Waals surface area contributed by atoms with E-state index in [0.717, 1.165) is 16.7 Å².